The number of ether oxygens (including phenoxy) is 1. The van der Waals surface area contributed by atoms with Gasteiger partial charge in [0, 0.05) is 16.3 Å². The van der Waals surface area contributed by atoms with Gasteiger partial charge < -0.3 is 15.2 Å². The SMILES string of the molecule is COc1cc(Cl)ccc1C(=O)Nc1cccc(O)c1C. The number of phenolic OH excluding ortho intramolecular Hbond substituents is 1. The first-order valence-electron chi connectivity index (χ1n) is 5.96. The van der Waals surface area contributed by atoms with Crippen LogP contribution in [0.5, 0.6) is 11.5 Å². The molecule has 0 spiro atoms. The molecule has 0 aliphatic heterocycles. The van der Waals surface area contributed by atoms with Gasteiger partial charge in [-0.1, -0.05) is 17.7 Å². The summed E-state index contributed by atoms with van der Waals surface area (Å²) in [6, 6.07) is 9.73. The number of benzene rings is 2. The second kappa shape index (κ2) is 5.84. The van der Waals surface area contributed by atoms with Crippen molar-refractivity contribution in [3.8, 4) is 11.5 Å². The van der Waals surface area contributed by atoms with E-state index < -0.39 is 0 Å². The minimum Gasteiger partial charge on any atom is -0.508 e. The van der Waals surface area contributed by atoms with Gasteiger partial charge in [0.15, 0.2) is 0 Å². The van der Waals surface area contributed by atoms with Crippen molar-refractivity contribution in [3.05, 3.63) is 52.5 Å². The Morgan fingerprint density at radius 1 is 1.30 bits per heavy atom. The fraction of sp³-hybridized carbons (Fsp3) is 0.133. The van der Waals surface area contributed by atoms with Crippen LogP contribution in [0.1, 0.15) is 15.9 Å². The van der Waals surface area contributed by atoms with Crippen molar-refractivity contribution in [2.45, 2.75) is 6.92 Å². The van der Waals surface area contributed by atoms with Gasteiger partial charge in [-0.05, 0) is 37.3 Å². The molecule has 5 heteroatoms. The van der Waals surface area contributed by atoms with Gasteiger partial charge in [0.05, 0.1) is 12.7 Å². The molecule has 0 atom stereocenters. The Kier molecular flexibility index (Phi) is 4.15. The summed E-state index contributed by atoms with van der Waals surface area (Å²) < 4.78 is 5.14. The summed E-state index contributed by atoms with van der Waals surface area (Å²) in [6.07, 6.45) is 0. The van der Waals surface area contributed by atoms with Crippen LogP contribution in [-0.4, -0.2) is 18.1 Å². The van der Waals surface area contributed by atoms with Gasteiger partial charge >= 0.3 is 0 Å². The highest BCUT2D eigenvalue weighted by atomic mass is 35.5. The number of anilines is 1. The number of carbonyl (C=O) groups is 1. The fourth-order valence-corrected chi connectivity index (χ4v) is 1.96. The molecule has 104 valence electrons. The summed E-state index contributed by atoms with van der Waals surface area (Å²) in [5.41, 5.74) is 1.53. The van der Waals surface area contributed by atoms with Crippen LogP contribution in [0.3, 0.4) is 0 Å². The quantitative estimate of drug-likeness (QED) is 0.908. The minimum absolute atomic E-state index is 0.130. The van der Waals surface area contributed by atoms with Gasteiger partial charge in [-0.25, -0.2) is 0 Å². The normalized spacial score (nSPS) is 10.2. The highest BCUT2D eigenvalue weighted by Crippen LogP contribution is 2.27. The van der Waals surface area contributed by atoms with E-state index in [0.717, 1.165) is 0 Å². The Balaban J connectivity index is 2.31. The van der Waals surface area contributed by atoms with Gasteiger partial charge in [0.25, 0.3) is 5.91 Å². The van der Waals surface area contributed by atoms with Crippen LogP contribution in [0.25, 0.3) is 0 Å². The molecule has 2 aromatic rings. The second-order valence-electron chi connectivity index (χ2n) is 4.25. The van der Waals surface area contributed by atoms with Gasteiger partial charge in [-0.3, -0.25) is 4.79 Å². The maximum absolute atomic E-state index is 12.3. The van der Waals surface area contributed by atoms with Crippen LogP contribution in [0.4, 0.5) is 5.69 Å². The third-order valence-corrected chi connectivity index (χ3v) is 3.20. The molecule has 0 saturated carbocycles. The van der Waals surface area contributed by atoms with E-state index in [4.69, 9.17) is 16.3 Å². The fourth-order valence-electron chi connectivity index (χ4n) is 1.80. The van der Waals surface area contributed by atoms with E-state index in [1.807, 2.05) is 0 Å². The number of hydrogen-bond acceptors (Lipinski definition) is 3. The number of aromatic hydroxyl groups is 1. The lowest BCUT2D eigenvalue weighted by molar-refractivity contribution is 0.102. The summed E-state index contributed by atoms with van der Waals surface area (Å²) in [4.78, 5) is 12.3. The van der Waals surface area contributed by atoms with Crippen LogP contribution >= 0.6 is 11.6 Å². The zero-order chi connectivity index (χ0) is 14.7. The van der Waals surface area contributed by atoms with Crippen LogP contribution in [-0.2, 0) is 0 Å². The molecular formula is C15H14ClNO3. The molecule has 0 unspecified atom stereocenters. The predicted molar refractivity (Wildman–Crippen MR) is 78.8 cm³/mol. The molecule has 0 aliphatic rings. The number of carbonyl (C=O) groups excluding carboxylic acids is 1. The number of phenols is 1. The van der Waals surface area contributed by atoms with Crippen molar-refractivity contribution >= 4 is 23.2 Å². The van der Waals surface area contributed by atoms with Crippen LogP contribution < -0.4 is 10.1 Å². The number of amides is 1. The average Bonchev–Trinajstić information content (AvgIpc) is 2.43. The first-order valence-corrected chi connectivity index (χ1v) is 6.34. The molecule has 0 fully saturated rings. The Hall–Kier alpha value is -2.20. The lowest BCUT2D eigenvalue weighted by Crippen LogP contribution is -2.14. The van der Waals surface area contributed by atoms with Gasteiger partial charge in [0.2, 0.25) is 0 Å². The van der Waals surface area contributed by atoms with Crippen LogP contribution in [0.15, 0.2) is 36.4 Å². The van der Waals surface area contributed by atoms with Crippen molar-refractivity contribution in [2.24, 2.45) is 0 Å². The lowest BCUT2D eigenvalue weighted by atomic mass is 10.1. The topological polar surface area (TPSA) is 58.6 Å². The molecule has 20 heavy (non-hydrogen) atoms. The predicted octanol–water partition coefficient (Wildman–Crippen LogP) is 3.61. The molecule has 2 rings (SSSR count). The number of rotatable bonds is 3. The molecule has 4 nitrogen and oxygen atoms in total. The Bertz CT molecular complexity index is 656. The number of hydrogen-bond donors (Lipinski definition) is 2. The first-order chi connectivity index (χ1) is 9.52. The highest BCUT2D eigenvalue weighted by molar-refractivity contribution is 6.31. The molecule has 0 aliphatic carbocycles. The molecule has 2 N–H and O–H groups in total. The Labute approximate surface area is 122 Å². The second-order valence-corrected chi connectivity index (χ2v) is 4.68. The average molecular weight is 292 g/mol. The van der Waals surface area contributed by atoms with E-state index in [1.165, 1.54) is 7.11 Å². The molecule has 1 amide bonds. The van der Waals surface area contributed by atoms with Crippen molar-refractivity contribution in [2.75, 3.05) is 12.4 Å². The zero-order valence-electron chi connectivity index (χ0n) is 11.1. The van der Waals surface area contributed by atoms with Gasteiger partial charge in [-0.2, -0.15) is 0 Å². The monoisotopic (exact) mass is 291 g/mol. The van der Waals surface area contributed by atoms with Crippen molar-refractivity contribution in [1.82, 2.24) is 0 Å². The summed E-state index contributed by atoms with van der Waals surface area (Å²) >= 11 is 5.86. The van der Waals surface area contributed by atoms with E-state index >= 15 is 0 Å². The summed E-state index contributed by atoms with van der Waals surface area (Å²) in [5, 5.41) is 12.9. The van der Waals surface area contributed by atoms with E-state index in [-0.39, 0.29) is 11.7 Å². The number of halogens is 1. The molecule has 2 aromatic carbocycles. The maximum atomic E-state index is 12.3. The third-order valence-electron chi connectivity index (χ3n) is 2.96. The molecular weight excluding hydrogens is 278 g/mol. The van der Waals surface area contributed by atoms with Gasteiger partial charge in [0.1, 0.15) is 11.5 Å². The maximum Gasteiger partial charge on any atom is 0.259 e. The Morgan fingerprint density at radius 2 is 2.05 bits per heavy atom. The van der Waals surface area contributed by atoms with Crippen molar-refractivity contribution in [3.63, 3.8) is 0 Å². The van der Waals surface area contributed by atoms with Crippen LogP contribution in [0.2, 0.25) is 5.02 Å². The first kappa shape index (κ1) is 14.2. The zero-order valence-corrected chi connectivity index (χ0v) is 11.9. The summed E-state index contributed by atoms with van der Waals surface area (Å²) in [6.45, 7) is 1.73. The summed E-state index contributed by atoms with van der Waals surface area (Å²) in [5.74, 6) is 0.200. The van der Waals surface area contributed by atoms with E-state index in [0.29, 0.717) is 27.6 Å². The van der Waals surface area contributed by atoms with Crippen molar-refractivity contribution < 1.29 is 14.6 Å². The minimum atomic E-state index is -0.327. The summed E-state index contributed by atoms with van der Waals surface area (Å²) in [7, 11) is 1.47. The molecule has 0 heterocycles. The lowest BCUT2D eigenvalue weighted by Gasteiger charge is -2.12. The Morgan fingerprint density at radius 3 is 2.75 bits per heavy atom. The van der Waals surface area contributed by atoms with Gasteiger partial charge in [-0.15, -0.1) is 0 Å². The molecule has 0 bridgehead atoms. The van der Waals surface area contributed by atoms with E-state index in [9.17, 15) is 9.90 Å². The molecule has 0 radical (unpaired) electrons. The van der Waals surface area contributed by atoms with E-state index in [2.05, 4.69) is 5.32 Å². The smallest absolute Gasteiger partial charge is 0.259 e. The molecule has 0 aromatic heterocycles. The number of nitrogens with one attached hydrogen (secondary N) is 1. The number of methoxy groups -OCH3 is 1. The van der Waals surface area contributed by atoms with E-state index in [1.54, 1.807) is 43.3 Å². The molecule has 0 saturated heterocycles. The standard InChI is InChI=1S/C15H14ClNO3/c1-9-12(4-3-5-13(9)18)17-15(19)11-7-6-10(16)8-14(11)20-2/h3-8,18H,1-2H3,(H,17,19). The highest BCUT2D eigenvalue weighted by Gasteiger charge is 2.14. The van der Waals surface area contributed by atoms with Crippen LogP contribution in [0, 0.1) is 6.92 Å². The largest absolute Gasteiger partial charge is 0.508 e. The third kappa shape index (κ3) is 2.86. The van der Waals surface area contributed by atoms with Crippen molar-refractivity contribution in [1.29, 1.82) is 0 Å².